The largest absolute Gasteiger partial charge is 0.437 e. The number of hydrogen-bond acceptors (Lipinski definition) is 5. The number of halogens is 3. The molecule has 5 nitrogen and oxygen atoms in total. The van der Waals surface area contributed by atoms with Crippen molar-refractivity contribution in [3.05, 3.63) is 59.3 Å². The maximum atomic E-state index is 12.6. The van der Waals surface area contributed by atoms with Crippen LogP contribution in [-0.4, -0.2) is 15.9 Å². The molecule has 27 heavy (non-hydrogen) atoms. The molecule has 1 amide bonds. The Labute approximate surface area is 156 Å². The number of aromatic nitrogens is 2. The lowest BCUT2D eigenvalue weighted by Crippen LogP contribution is -2.20. The van der Waals surface area contributed by atoms with Gasteiger partial charge in [-0.15, -0.1) is 11.3 Å². The monoisotopic (exact) mass is 393 g/mol. The zero-order chi connectivity index (χ0) is 19.6. The number of thiazole rings is 1. The summed E-state index contributed by atoms with van der Waals surface area (Å²) in [4.78, 5) is 19.6. The average molecular weight is 393 g/mol. The summed E-state index contributed by atoms with van der Waals surface area (Å²) >= 11 is 1.38. The van der Waals surface area contributed by atoms with E-state index in [0.717, 1.165) is 27.5 Å². The third-order valence-electron chi connectivity index (χ3n) is 3.61. The maximum Gasteiger partial charge on any atom is 0.417 e. The SMILES string of the molecule is C=CC(=O)NCc1ccc(Oc2ccc(C(F)(F)F)cn2)c2sc(C)nc12. The Balaban J connectivity index is 1.89. The van der Waals surface area contributed by atoms with Crippen molar-refractivity contribution in [1.82, 2.24) is 15.3 Å². The molecule has 140 valence electrons. The van der Waals surface area contributed by atoms with Crippen LogP contribution in [0.4, 0.5) is 13.2 Å². The number of benzene rings is 1. The molecule has 2 aromatic heterocycles. The van der Waals surface area contributed by atoms with Gasteiger partial charge < -0.3 is 10.1 Å². The molecule has 0 saturated heterocycles. The van der Waals surface area contributed by atoms with E-state index in [-0.39, 0.29) is 18.3 Å². The normalized spacial score (nSPS) is 11.4. The third-order valence-corrected chi connectivity index (χ3v) is 4.60. The number of fused-ring (bicyclic) bond motifs is 1. The molecule has 9 heteroatoms. The van der Waals surface area contributed by atoms with Gasteiger partial charge in [0, 0.05) is 18.8 Å². The number of hydrogen-bond donors (Lipinski definition) is 1. The summed E-state index contributed by atoms with van der Waals surface area (Å²) in [7, 11) is 0. The van der Waals surface area contributed by atoms with E-state index in [1.54, 1.807) is 12.1 Å². The zero-order valence-corrected chi connectivity index (χ0v) is 14.9. The van der Waals surface area contributed by atoms with Crippen molar-refractivity contribution in [1.29, 1.82) is 0 Å². The van der Waals surface area contributed by atoms with Gasteiger partial charge >= 0.3 is 6.18 Å². The number of alkyl halides is 3. The highest BCUT2D eigenvalue weighted by atomic mass is 32.1. The Hall–Kier alpha value is -2.94. The van der Waals surface area contributed by atoms with Gasteiger partial charge in [0.1, 0.15) is 5.75 Å². The van der Waals surface area contributed by atoms with Crippen LogP contribution in [0.1, 0.15) is 16.1 Å². The van der Waals surface area contributed by atoms with Crippen molar-refractivity contribution >= 4 is 27.5 Å². The van der Waals surface area contributed by atoms with Gasteiger partial charge in [-0.3, -0.25) is 4.79 Å². The molecular formula is C18H14F3N3O2S. The van der Waals surface area contributed by atoms with Crippen molar-refractivity contribution in [2.24, 2.45) is 0 Å². The van der Waals surface area contributed by atoms with Gasteiger partial charge in [0.05, 0.1) is 20.8 Å². The van der Waals surface area contributed by atoms with E-state index in [0.29, 0.717) is 11.3 Å². The zero-order valence-electron chi connectivity index (χ0n) is 14.1. The molecule has 1 N–H and O–H groups in total. The third kappa shape index (κ3) is 4.25. The van der Waals surface area contributed by atoms with Gasteiger partial charge in [0.15, 0.2) is 0 Å². The van der Waals surface area contributed by atoms with Crippen LogP contribution in [0.3, 0.4) is 0 Å². The Morgan fingerprint density at radius 3 is 2.74 bits per heavy atom. The van der Waals surface area contributed by atoms with Crippen molar-refractivity contribution in [2.45, 2.75) is 19.6 Å². The van der Waals surface area contributed by atoms with Gasteiger partial charge in [0.2, 0.25) is 11.8 Å². The second kappa shape index (κ2) is 7.36. The highest BCUT2D eigenvalue weighted by molar-refractivity contribution is 7.18. The van der Waals surface area contributed by atoms with Gasteiger partial charge in [-0.05, 0) is 30.7 Å². The van der Waals surface area contributed by atoms with Crippen LogP contribution >= 0.6 is 11.3 Å². The standard InChI is InChI=1S/C18H14F3N3O2S/c1-3-14(25)22-8-11-4-6-13(17-16(11)24-10(2)27-17)26-15-7-5-12(9-23-15)18(19,20)21/h3-7,9H,1,8H2,2H3,(H,22,25). The Bertz CT molecular complexity index is 997. The van der Waals surface area contributed by atoms with Crippen LogP contribution in [-0.2, 0) is 17.5 Å². The highest BCUT2D eigenvalue weighted by Crippen LogP contribution is 2.36. The van der Waals surface area contributed by atoms with Crippen LogP contribution in [0.15, 0.2) is 43.1 Å². The molecule has 0 radical (unpaired) electrons. The first-order chi connectivity index (χ1) is 12.8. The summed E-state index contributed by atoms with van der Waals surface area (Å²) < 4.78 is 44.3. The Morgan fingerprint density at radius 2 is 2.11 bits per heavy atom. The van der Waals surface area contributed by atoms with Gasteiger partial charge in [-0.25, -0.2) is 9.97 Å². The molecule has 2 heterocycles. The fourth-order valence-corrected chi connectivity index (χ4v) is 3.26. The fourth-order valence-electron chi connectivity index (χ4n) is 2.34. The van der Waals surface area contributed by atoms with E-state index >= 15 is 0 Å². The number of amides is 1. The number of pyridine rings is 1. The second-order valence-corrected chi connectivity index (χ2v) is 6.74. The number of ether oxygens (including phenoxy) is 1. The minimum Gasteiger partial charge on any atom is -0.437 e. The van der Waals surface area contributed by atoms with Gasteiger partial charge in [-0.1, -0.05) is 12.6 Å². The summed E-state index contributed by atoms with van der Waals surface area (Å²) in [5.74, 6) is 0.175. The van der Waals surface area contributed by atoms with E-state index in [1.807, 2.05) is 6.92 Å². The molecule has 0 aliphatic rings. The molecule has 0 aliphatic carbocycles. The predicted molar refractivity (Wildman–Crippen MR) is 95.7 cm³/mol. The first-order valence-electron chi connectivity index (χ1n) is 7.78. The molecule has 0 fully saturated rings. The van der Waals surface area contributed by atoms with Crippen LogP contribution in [0.5, 0.6) is 11.6 Å². The topological polar surface area (TPSA) is 64.1 Å². The fraction of sp³-hybridized carbons (Fsp3) is 0.167. The van der Waals surface area contributed by atoms with Crippen molar-refractivity contribution in [3.8, 4) is 11.6 Å². The summed E-state index contributed by atoms with van der Waals surface area (Å²) in [6.45, 7) is 5.50. The number of aryl methyl sites for hydroxylation is 1. The van der Waals surface area contributed by atoms with E-state index in [4.69, 9.17) is 4.74 Å². The van der Waals surface area contributed by atoms with E-state index in [2.05, 4.69) is 21.9 Å². The Morgan fingerprint density at radius 1 is 1.33 bits per heavy atom. The van der Waals surface area contributed by atoms with Crippen LogP contribution in [0.25, 0.3) is 10.2 Å². The van der Waals surface area contributed by atoms with Crippen LogP contribution < -0.4 is 10.1 Å². The smallest absolute Gasteiger partial charge is 0.417 e. The van der Waals surface area contributed by atoms with E-state index in [1.165, 1.54) is 23.5 Å². The quantitative estimate of drug-likeness (QED) is 0.643. The predicted octanol–water partition coefficient (Wildman–Crippen LogP) is 4.61. The first-order valence-corrected chi connectivity index (χ1v) is 8.60. The minimum atomic E-state index is -4.45. The first kappa shape index (κ1) is 18.8. The second-order valence-electron chi connectivity index (χ2n) is 5.54. The van der Waals surface area contributed by atoms with Gasteiger partial charge in [-0.2, -0.15) is 13.2 Å². The number of carbonyl (C=O) groups excluding carboxylic acids is 1. The highest BCUT2D eigenvalue weighted by Gasteiger charge is 2.30. The Kier molecular flexibility index (Phi) is 5.13. The van der Waals surface area contributed by atoms with Crippen LogP contribution in [0.2, 0.25) is 0 Å². The summed E-state index contributed by atoms with van der Waals surface area (Å²) in [6.07, 6.45) is -2.55. The van der Waals surface area contributed by atoms with Crippen molar-refractivity contribution in [2.75, 3.05) is 0 Å². The summed E-state index contributed by atoms with van der Waals surface area (Å²) in [5.41, 5.74) is 0.602. The molecule has 1 aromatic carbocycles. The van der Waals surface area contributed by atoms with Crippen molar-refractivity contribution in [3.63, 3.8) is 0 Å². The van der Waals surface area contributed by atoms with E-state index in [9.17, 15) is 18.0 Å². The average Bonchev–Trinajstić information content (AvgIpc) is 3.02. The maximum absolute atomic E-state index is 12.6. The molecule has 0 unspecified atom stereocenters. The molecule has 0 atom stereocenters. The number of nitrogens with one attached hydrogen (secondary N) is 1. The number of rotatable bonds is 5. The molecule has 0 spiro atoms. The minimum absolute atomic E-state index is 0.0445. The number of carbonyl (C=O) groups is 1. The molecule has 0 saturated carbocycles. The summed E-state index contributed by atoms with van der Waals surface area (Å²) in [6, 6.07) is 5.50. The van der Waals surface area contributed by atoms with Gasteiger partial charge in [0.25, 0.3) is 0 Å². The van der Waals surface area contributed by atoms with E-state index < -0.39 is 11.7 Å². The molecule has 3 aromatic rings. The molecule has 0 bridgehead atoms. The molecular weight excluding hydrogens is 379 g/mol. The lowest BCUT2D eigenvalue weighted by Gasteiger charge is -2.10. The lowest BCUT2D eigenvalue weighted by atomic mass is 10.2. The van der Waals surface area contributed by atoms with Crippen LogP contribution in [0, 0.1) is 6.92 Å². The molecule has 0 aliphatic heterocycles. The van der Waals surface area contributed by atoms with Crippen molar-refractivity contribution < 1.29 is 22.7 Å². The molecule has 3 rings (SSSR count). The number of nitrogens with zero attached hydrogens (tertiary/aromatic N) is 2. The lowest BCUT2D eigenvalue weighted by molar-refractivity contribution is -0.137. The summed E-state index contributed by atoms with van der Waals surface area (Å²) in [5, 5.41) is 3.48.